The molecule has 0 amide bonds. The minimum absolute atomic E-state index is 0.0979. The molecule has 0 fully saturated rings. The number of aromatic nitrogens is 5. The Kier molecular flexibility index (Phi) is 3.12. The van der Waals surface area contributed by atoms with Crippen molar-refractivity contribution in [3.63, 3.8) is 0 Å². The highest BCUT2D eigenvalue weighted by Crippen LogP contribution is 2.13. The third kappa shape index (κ3) is 2.47. The summed E-state index contributed by atoms with van der Waals surface area (Å²) >= 11 is 0. The van der Waals surface area contributed by atoms with Crippen molar-refractivity contribution in [2.45, 2.75) is 19.9 Å². The van der Waals surface area contributed by atoms with Gasteiger partial charge in [-0.05, 0) is 6.42 Å². The van der Waals surface area contributed by atoms with E-state index in [4.69, 9.17) is 0 Å². The van der Waals surface area contributed by atoms with Crippen molar-refractivity contribution in [1.29, 1.82) is 0 Å². The summed E-state index contributed by atoms with van der Waals surface area (Å²) in [5, 5.41) is 8.63. The minimum atomic E-state index is -0.479. The molecule has 0 aliphatic rings. The van der Waals surface area contributed by atoms with Crippen LogP contribution in [0.1, 0.15) is 18.4 Å². The molecule has 0 bridgehead atoms. The average molecular weight is 238 g/mol. The van der Waals surface area contributed by atoms with Crippen molar-refractivity contribution in [3.8, 4) is 0 Å². The minimum Gasteiger partial charge on any atom is -0.360 e. The molecule has 90 valence electrons. The van der Waals surface area contributed by atoms with Gasteiger partial charge < -0.3 is 5.32 Å². The fourth-order valence-corrected chi connectivity index (χ4v) is 1.33. The van der Waals surface area contributed by atoms with Crippen molar-refractivity contribution in [1.82, 2.24) is 25.1 Å². The molecule has 8 heteroatoms. The van der Waals surface area contributed by atoms with Crippen LogP contribution in [0.5, 0.6) is 0 Å². The van der Waals surface area contributed by atoms with Gasteiger partial charge in [0.1, 0.15) is 12.2 Å². The normalized spacial score (nSPS) is 10.5. The quantitative estimate of drug-likeness (QED) is 0.706. The maximum atomic E-state index is 13.7. The van der Waals surface area contributed by atoms with Crippen molar-refractivity contribution in [2.75, 3.05) is 5.32 Å². The number of H-pyrrole nitrogens is 2. The fraction of sp³-hybridized carbons (Fsp3) is 0.333. The van der Waals surface area contributed by atoms with Crippen LogP contribution >= 0.6 is 0 Å². The first-order valence-electron chi connectivity index (χ1n) is 5.07. The van der Waals surface area contributed by atoms with Gasteiger partial charge in [-0.15, -0.1) is 0 Å². The van der Waals surface area contributed by atoms with Crippen LogP contribution in [0.3, 0.4) is 0 Å². The zero-order valence-electron chi connectivity index (χ0n) is 9.12. The smallest absolute Gasteiger partial charge is 0.340 e. The first-order valence-corrected chi connectivity index (χ1v) is 5.07. The molecule has 2 heterocycles. The summed E-state index contributed by atoms with van der Waals surface area (Å²) in [6.07, 6.45) is 1.78. The highest BCUT2D eigenvalue weighted by molar-refractivity contribution is 5.37. The Morgan fingerprint density at radius 3 is 2.94 bits per heavy atom. The summed E-state index contributed by atoms with van der Waals surface area (Å²) in [5.41, 5.74) is -0.0581. The number of hydrogen-bond acceptors (Lipinski definition) is 5. The molecular formula is C9H11FN6O. The van der Waals surface area contributed by atoms with Crippen LogP contribution in [-0.2, 0) is 13.0 Å². The lowest BCUT2D eigenvalue weighted by molar-refractivity contribution is 0.596. The molecule has 0 unspecified atom stereocenters. The van der Waals surface area contributed by atoms with Gasteiger partial charge in [-0.1, -0.05) is 6.92 Å². The molecule has 0 radical (unpaired) electrons. The van der Waals surface area contributed by atoms with Crippen molar-refractivity contribution < 1.29 is 4.39 Å². The third-order valence-corrected chi connectivity index (χ3v) is 2.17. The zero-order valence-corrected chi connectivity index (χ0v) is 9.12. The number of anilines is 1. The van der Waals surface area contributed by atoms with Gasteiger partial charge in [-0.2, -0.15) is 5.10 Å². The van der Waals surface area contributed by atoms with Gasteiger partial charge in [-0.3, -0.25) is 4.98 Å². The Morgan fingerprint density at radius 1 is 1.47 bits per heavy atom. The van der Waals surface area contributed by atoms with E-state index >= 15 is 0 Å². The molecule has 0 saturated carbocycles. The second kappa shape index (κ2) is 4.73. The Labute approximate surface area is 95.5 Å². The average Bonchev–Trinajstić information content (AvgIpc) is 2.74. The summed E-state index contributed by atoms with van der Waals surface area (Å²) in [6, 6.07) is 0. The summed E-state index contributed by atoms with van der Waals surface area (Å²) in [6.45, 7) is 1.98. The largest absolute Gasteiger partial charge is 0.360 e. The SMILES string of the molecule is CCc1ncnc(NCc2n[nH]c(=O)[nH]2)c1F. The van der Waals surface area contributed by atoms with Gasteiger partial charge >= 0.3 is 5.69 Å². The molecule has 0 spiro atoms. The van der Waals surface area contributed by atoms with E-state index in [0.29, 0.717) is 17.9 Å². The summed E-state index contributed by atoms with van der Waals surface area (Å²) in [7, 11) is 0. The molecule has 0 aromatic carbocycles. The van der Waals surface area contributed by atoms with E-state index in [1.807, 2.05) is 0 Å². The molecule has 7 nitrogen and oxygen atoms in total. The number of nitrogens with zero attached hydrogens (tertiary/aromatic N) is 3. The van der Waals surface area contributed by atoms with Crippen LogP contribution < -0.4 is 11.0 Å². The van der Waals surface area contributed by atoms with Gasteiger partial charge in [0.15, 0.2) is 11.6 Å². The van der Waals surface area contributed by atoms with Crippen LogP contribution in [0, 0.1) is 5.82 Å². The van der Waals surface area contributed by atoms with E-state index in [2.05, 4.69) is 30.5 Å². The Hall–Kier alpha value is -2.25. The zero-order chi connectivity index (χ0) is 12.3. The molecule has 17 heavy (non-hydrogen) atoms. The summed E-state index contributed by atoms with van der Waals surface area (Å²) in [5.74, 6) is -0.000331. The van der Waals surface area contributed by atoms with E-state index in [9.17, 15) is 9.18 Å². The second-order valence-electron chi connectivity index (χ2n) is 3.31. The monoisotopic (exact) mass is 238 g/mol. The molecular weight excluding hydrogens is 227 g/mol. The first-order chi connectivity index (χ1) is 8.20. The molecule has 2 aromatic heterocycles. The maximum Gasteiger partial charge on any atom is 0.340 e. The lowest BCUT2D eigenvalue weighted by atomic mass is 10.3. The van der Waals surface area contributed by atoms with Crippen LogP contribution in [0.15, 0.2) is 11.1 Å². The van der Waals surface area contributed by atoms with E-state index in [0.717, 1.165) is 0 Å². The summed E-state index contributed by atoms with van der Waals surface area (Å²) < 4.78 is 13.7. The van der Waals surface area contributed by atoms with Crippen LogP contribution in [-0.4, -0.2) is 25.1 Å². The lowest BCUT2D eigenvalue weighted by Gasteiger charge is -2.06. The van der Waals surface area contributed by atoms with Gasteiger partial charge in [0.05, 0.1) is 12.2 Å². The van der Waals surface area contributed by atoms with E-state index in [1.165, 1.54) is 6.33 Å². The van der Waals surface area contributed by atoms with Crippen molar-refractivity contribution >= 4 is 5.82 Å². The topological polar surface area (TPSA) is 99.3 Å². The van der Waals surface area contributed by atoms with Crippen LogP contribution in [0.25, 0.3) is 0 Å². The van der Waals surface area contributed by atoms with Crippen molar-refractivity contribution in [2.24, 2.45) is 0 Å². The molecule has 0 saturated heterocycles. The molecule has 0 aliphatic carbocycles. The Morgan fingerprint density at radius 2 is 2.29 bits per heavy atom. The van der Waals surface area contributed by atoms with E-state index in [-0.39, 0.29) is 12.4 Å². The molecule has 0 aliphatic heterocycles. The maximum absolute atomic E-state index is 13.7. The van der Waals surface area contributed by atoms with Gasteiger partial charge in [0, 0.05) is 0 Å². The lowest BCUT2D eigenvalue weighted by Crippen LogP contribution is -2.08. The Bertz CT molecular complexity index is 563. The molecule has 0 atom stereocenters. The van der Waals surface area contributed by atoms with Gasteiger partial charge in [0.2, 0.25) is 0 Å². The third-order valence-electron chi connectivity index (χ3n) is 2.17. The fourth-order valence-electron chi connectivity index (χ4n) is 1.33. The number of nitrogens with one attached hydrogen (secondary N) is 3. The van der Waals surface area contributed by atoms with Crippen molar-refractivity contribution in [3.05, 3.63) is 34.1 Å². The molecule has 3 N–H and O–H groups in total. The number of rotatable bonds is 4. The number of aryl methyl sites for hydroxylation is 1. The van der Waals surface area contributed by atoms with Gasteiger partial charge in [-0.25, -0.2) is 24.3 Å². The highest BCUT2D eigenvalue weighted by Gasteiger charge is 2.09. The standard InChI is InChI=1S/C9H11FN6O/c1-2-5-7(10)8(13-4-12-5)11-3-6-14-9(17)16-15-6/h4H,2-3H2,1H3,(H,11,12,13)(H2,14,15,16,17). The van der Waals surface area contributed by atoms with Crippen LogP contribution in [0.4, 0.5) is 10.2 Å². The summed E-state index contributed by atoms with van der Waals surface area (Å²) in [4.78, 5) is 20.8. The molecule has 2 rings (SSSR count). The predicted molar refractivity (Wildman–Crippen MR) is 57.9 cm³/mol. The van der Waals surface area contributed by atoms with E-state index in [1.54, 1.807) is 6.92 Å². The number of aromatic amines is 2. The molecule has 2 aromatic rings. The number of halogens is 1. The highest BCUT2D eigenvalue weighted by atomic mass is 19.1. The van der Waals surface area contributed by atoms with Crippen LogP contribution in [0.2, 0.25) is 0 Å². The van der Waals surface area contributed by atoms with E-state index < -0.39 is 11.5 Å². The number of hydrogen-bond donors (Lipinski definition) is 3. The Balaban J connectivity index is 2.11. The first kappa shape index (κ1) is 11.2. The van der Waals surface area contributed by atoms with Gasteiger partial charge in [0.25, 0.3) is 0 Å². The predicted octanol–water partition coefficient (Wildman–Crippen LogP) is 0.202. The second-order valence-corrected chi connectivity index (χ2v) is 3.31.